The molecule has 0 saturated heterocycles. The molecule has 0 aliphatic rings. The number of amides is 3. The maximum absolute atomic E-state index is 11.9. The molecule has 0 saturated carbocycles. The first-order valence-electron chi connectivity index (χ1n) is 7.14. The van der Waals surface area contributed by atoms with Gasteiger partial charge in [-0.25, -0.2) is 0 Å². The fourth-order valence-electron chi connectivity index (χ4n) is 1.96. The van der Waals surface area contributed by atoms with E-state index in [1.165, 1.54) is 13.0 Å². The van der Waals surface area contributed by atoms with Gasteiger partial charge in [0.2, 0.25) is 11.8 Å². The highest BCUT2D eigenvalue weighted by Crippen LogP contribution is 2.17. The molecule has 4 N–H and O–H groups in total. The summed E-state index contributed by atoms with van der Waals surface area (Å²) < 4.78 is 5.38. The van der Waals surface area contributed by atoms with E-state index in [1.54, 1.807) is 42.5 Å². The van der Waals surface area contributed by atoms with Gasteiger partial charge in [-0.15, -0.1) is 0 Å². The minimum atomic E-state index is -0.572. The average molecular weight is 327 g/mol. The summed E-state index contributed by atoms with van der Waals surface area (Å²) in [6.07, 6.45) is 0. The molecular formula is C17H17N3O4. The molecule has 2 aromatic rings. The predicted molar refractivity (Wildman–Crippen MR) is 89.8 cm³/mol. The lowest BCUT2D eigenvalue weighted by atomic mass is 10.2. The van der Waals surface area contributed by atoms with Gasteiger partial charge in [-0.1, -0.05) is 12.1 Å². The van der Waals surface area contributed by atoms with E-state index in [0.29, 0.717) is 22.7 Å². The zero-order valence-electron chi connectivity index (χ0n) is 13.0. The van der Waals surface area contributed by atoms with Gasteiger partial charge in [-0.05, 0) is 30.3 Å². The Kier molecular flexibility index (Phi) is 5.51. The smallest absolute Gasteiger partial charge is 0.262 e. The molecule has 0 aliphatic heterocycles. The van der Waals surface area contributed by atoms with E-state index in [-0.39, 0.29) is 18.4 Å². The molecule has 0 spiro atoms. The second-order valence-corrected chi connectivity index (χ2v) is 4.99. The van der Waals surface area contributed by atoms with Gasteiger partial charge in [0.25, 0.3) is 5.91 Å². The number of carbonyl (C=O) groups excluding carboxylic acids is 3. The van der Waals surface area contributed by atoms with Gasteiger partial charge >= 0.3 is 0 Å². The molecule has 7 heteroatoms. The zero-order chi connectivity index (χ0) is 17.5. The van der Waals surface area contributed by atoms with Gasteiger partial charge in [0.1, 0.15) is 5.75 Å². The molecule has 0 fully saturated rings. The summed E-state index contributed by atoms with van der Waals surface area (Å²) in [6.45, 7) is 1.19. The molecule has 124 valence electrons. The molecule has 0 heterocycles. The third-order valence-electron chi connectivity index (χ3n) is 2.96. The highest BCUT2D eigenvalue weighted by molar-refractivity contribution is 5.96. The predicted octanol–water partition coefficient (Wildman–Crippen LogP) is 1.76. The summed E-state index contributed by atoms with van der Waals surface area (Å²) >= 11 is 0. The first-order valence-corrected chi connectivity index (χ1v) is 7.14. The van der Waals surface area contributed by atoms with Gasteiger partial charge in [0.15, 0.2) is 6.61 Å². The first kappa shape index (κ1) is 17.0. The van der Waals surface area contributed by atoms with Crippen LogP contribution >= 0.6 is 0 Å². The van der Waals surface area contributed by atoms with Crippen molar-refractivity contribution in [2.24, 2.45) is 5.73 Å². The fourth-order valence-corrected chi connectivity index (χ4v) is 1.96. The number of nitrogens with two attached hydrogens (primary N) is 1. The first-order chi connectivity index (χ1) is 11.4. The molecule has 0 unspecified atom stereocenters. The lowest BCUT2D eigenvalue weighted by Gasteiger charge is -2.09. The van der Waals surface area contributed by atoms with Crippen molar-refractivity contribution in [2.75, 3.05) is 17.2 Å². The Hall–Kier alpha value is -3.35. The fraction of sp³-hybridized carbons (Fsp3) is 0.118. The summed E-state index contributed by atoms with van der Waals surface area (Å²) in [5.41, 5.74) is 6.52. The summed E-state index contributed by atoms with van der Waals surface area (Å²) in [7, 11) is 0. The summed E-state index contributed by atoms with van der Waals surface area (Å²) in [5.74, 6) is -0.708. The second-order valence-electron chi connectivity index (χ2n) is 4.99. The van der Waals surface area contributed by atoms with E-state index in [0.717, 1.165) is 0 Å². The molecule has 0 aromatic heterocycles. The van der Waals surface area contributed by atoms with Crippen LogP contribution in [0.4, 0.5) is 11.4 Å². The summed E-state index contributed by atoms with van der Waals surface area (Å²) in [4.78, 5) is 34.0. The maximum Gasteiger partial charge on any atom is 0.262 e. The quantitative estimate of drug-likeness (QED) is 0.750. The number of primary amides is 1. The SMILES string of the molecule is CC(=O)Nc1cccc(OCC(=O)Nc2cccc(C(N)=O)c2)c1. The van der Waals surface area contributed by atoms with E-state index in [4.69, 9.17) is 10.5 Å². The number of rotatable bonds is 6. The molecule has 3 amide bonds. The van der Waals surface area contributed by atoms with Crippen LogP contribution in [0.3, 0.4) is 0 Å². The Bertz CT molecular complexity index is 774. The van der Waals surface area contributed by atoms with Crippen molar-refractivity contribution in [1.29, 1.82) is 0 Å². The van der Waals surface area contributed by atoms with Gasteiger partial charge in [0, 0.05) is 29.9 Å². The number of ether oxygens (including phenoxy) is 1. The number of hydrogen-bond acceptors (Lipinski definition) is 4. The van der Waals surface area contributed by atoms with Crippen LogP contribution in [0.25, 0.3) is 0 Å². The molecule has 24 heavy (non-hydrogen) atoms. The standard InChI is InChI=1S/C17H17N3O4/c1-11(21)19-14-6-3-7-15(9-14)24-10-16(22)20-13-5-2-4-12(8-13)17(18)23/h2-9H,10H2,1H3,(H2,18,23)(H,19,21)(H,20,22). The van der Waals surface area contributed by atoms with Crippen LogP contribution in [0.5, 0.6) is 5.75 Å². The Balaban J connectivity index is 1.92. The Morgan fingerprint density at radius 2 is 1.67 bits per heavy atom. The molecule has 0 atom stereocenters. The lowest BCUT2D eigenvalue weighted by Crippen LogP contribution is -2.20. The number of nitrogens with one attached hydrogen (secondary N) is 2. The number of anilines is 2. The largest absolute Gasteiger partial charge is 0.484 e. The van der Waals surface area contributed by atoms with E-state index in [2.05, 4.69) is 10.6 Å². The highest BCUT2D eigenvalue weighted by Gasteiger charge is 2.07. The van der Waals surface area contributed by atoms with E-state index in [1.807, 2.05) is 0 Å². The number of carbonyl (C=O) groups is 3. The topological polar surface area (TPSA) is 111 Å². The van der Waals surface area contributed by atoms with Crippen LogP contribution in [-0.4, -0.2) is 24.3 Å². The third-order valence-corrected chi connectivity index (χ3v) is 2.96. The Morgan fingerprint density at radius 1 is 1.00 bits per heavy atom. The van der Waals surface area contributed by atoms with Gasteiger partial charge in [0.05, 0.1) is 0 Å². The van der Waals surface area contributed by atoms with Crippen molar-refractivity contribution in [2.45, 2.75) is 6.92 Å². The van der Waals surface area contributed by atoms with Gasteiger partial charge in [-0.3, -0.25) is 14.4 Å². The lowest BCUT2D eigenvalue weighted by molar-refractivity contribution is -0.118. The van der Waals surface area contributed by atoms with E-state index in [9.17, 15) is 14.4 Å². The monoisotopic (exact) mass is 327 g/mol. The van der Waals surface area contributed by atoms with Crippen LogP contribution in [0.2, 0.25) is 0 Å². The Labute approximate surface area is 138 Å². The summed E-state index contributed by atoms with van der Waals surface area (Å²) in [5, 5.41) is 5.24. The number of benzene rings is 2. The molecule has 0 bridgehead atoms. The van der Waals surface area contributed by atoms with Crippen LogP contribution in [0, 0.1) is 0 Å². The van der Waals surface area contributed by atoms with Crippen molar-refractivity contribution in [1.82, 2.24) is 0 Å². The van der Waals surface area contributed by atoms with E-state index >= 15 is 0 Å². The van der Waals surface area contributed by atoms with Crippen LogP contribution in [-0.2, 0) is 9.59 Å². The normalized spacial score (nSPS) is 9.88. The molecule has 7 nitrogen and oxygen atoms in total. The van der Waals surface area contributed by atoms with Crippen molar-refractivity contribution < 1.29 is 19.1 Å². The van der Waals surface area contributed by atoms with Crippen LogP contribution < -0.4 is 21.1 Å². The number of hydrogen-bond donors (Lipinski definition) is 3. The molecule has 0 aliphatic carbocycles. The molecule has 2 rings (SSSR count). The van der Waals surface area contributed by atoms with Crippen molar-refractivity contribution >= 4 is 29.1 Å². The molecule has 0 radical (unpaired) electrons. The maximum atomic E-state index is 11.9. The average Bonchev–Trinajstić information content (AvgIpc) is 2.53. The van der Waals surface area contributed by atoms with Crippen molar-refractivity contribution in [3.05, 3.63) is 54.1 Å². The van der Waals surface area contributed by atoms with Gasteiger partial charge in [-0.2, -0.15) is 0 Å². The second kappa shape index (κ2) is 7.77. The van der Waals surface area contributed by atoms with Crippen LogP contribution in [0.15, 0.2) is 48.5 Å². The highest BCUT2D eigenvalue weighted by atomic mass is 16.5. The van der Waals surface area contributed by atoms with Crippen molar-refractivity contribution in [3.63, 3.8) is 0 Å². The van der Waals surface area contributed by atoms with E-state index < -0.39 is 5.91 Å². The van der Waals surface area contributed by atoms with Gasteiger partial charge < -0.3 is 21.1 Å². The molecule has 2 aromatic carbocycles. The minimum Gasteiger partial charge on any atom is -0.484 e. The molecular weight excluding hydrogens is 310 g/mol. The summed E-state index contributed by atoms with van der Waals surface area (Å²) in [6, 6.07) is 13.0. The van der Waals surface area contributed by atoms with Crippen LogP contribution in [0.1, 0.15) is 17.3 Å². The third kappa shape index (κ3) is 5.13. The van der Waals surface area contributed by atoms with Crippen molar-refractivity contribution in [3.8, 4) is 5.75 Å². The zero-order valence-corrected chi connectivity index (χ0v) is 13.0. The Morgan fingerprint density at radius 3 is 2.33 bits per heavy atom. The minimum absolute atomic E-state index is 0.195.